The Morgan fingerprint density at radius 1 is 0.822 bits per heavy atom. The number of nitrogens with zero attached hydrogens (tertiary/aromatic N) is 3. The van der Waals surface area contributed by atoms with Crippen molar-refractivity contribution in [2.45, 2.75) is 44.6 Å². The number of cyclic esters (lactones) is 1. The molecule has 1 N–H and O–H groups in total. The van der Waals surface area contributed by atoms with Crippen molar-refractivity contribution in [3.05, 3.63) is 164 Å². The van der Waals surface area contributed by atoms with Crippen LogP contribution in [0, 0.1) is 6.92 Å². The lowest BCUT2D eigenvalue weighted by atomic mass is 9.76. The second-order valence-electron chi connectivity index (χ2n) is 12.3. The van der Waals surface area contributed by atoms with Gasteiger partial charge in [-0.2, -0.15) is 0 Å². The number of carbonyl (C=O) groups excluding carboxylic acids is 1. The monoisotopic (exact) mass is 598 g/mol. The van der Waals surface area contributed by atoms with Crippen LogP contribution in [0.5, 0.6) is 0 Å². The standard InChI is InChI=1S/C38H38N4O3/c1-26-21-41(24-35(39-26)32-19-20-33-34(27(32)2)25-45-36(33)43)22-31-23-42(37(44)40(31)3)38(28-13-7-4-8-14-28,29-15-9-5-10-16-29)30-17-11-6-12-18-30/h4-20,23,26,35,39H,21-22,24-25H2,1-3H3/t26-,35-/m0/s1. The topological polar surface area (TPSA) is 68.5 Å². The Labute approximate surface area is 263 Å². The van der Waals surface area contributed by atoms with Crippen molar-refractivity contribution in [1.29, 1.82) is 0 Å². The highest BCUT2D eigenvalue weighted by Gasteiger charge is 2.40. The summed E-state index contributed by atoms with van der Waals surface area (Å²) >= 11 is 0. The van der Waals surface area contributed by atoms with Crippen LogP contribution in [-0.2, 0) is 30.5 Å². The minimum atomic E-state index is -0.864. The van der Waals surface area contributed by atoms with Crippen LogP contribution in [0.2, 0.25) is 0 Å². The number of rotatable bonds is 7. The van der Waals surface area contributed by atoms with Gasteiger partial charge in [-0.25, -0.2) is 9.59 Å². The van der Waals surface area contributed by atoms with Gasteiger partial charge in [0.05, 0.1) is 11.3 Å². The van der Waals surface area contributed by atoms with E-state index in [1.54, 1.807) is 4.57 Å². The van der Waals surface area contributed by atoms with Gasteiger partial charge in [-0.05, 0) is 47.7 Å². The minimum Gasteiger partial charge on any atom is -0.457 e. The van der Waals surface area contributed by atoms with Gasteiger partial charge in [0.15, 0.2) is 0 Å². The maximum absolute atomic E-state index is 14.4. The van der Waals surface area contributed by atoms with Crippen LogP contribution in [0.1, 0.15) is 62.4 Å². The molecule has 0 aliphatic carbocycles. The lowest BCUT2D eigenvalue weighted by Crippen LogP contribution is -2.51. The average Bonchev–Trinajstić information content (AvgIpc) is 3.58. The van der Waals surface area contributed by atoms with Crippen molar-refractivity contribution in [2.75, 3.05) is 13.1 Å². The third-order valence-electron chi connectivity index (χ3n) is 9.57. The molecule has 3 heterocycles. The molecule has 2 aliphatic heterocycles. The smallest absolute Gasteiger partial charge is 0.338 e. The van der Waals surface area contributed by atoms with Crippen LogP contribution in [0.4, 0.5) is 0 Å². The molecular formula is C38H38N4O3. The van der Waals surface area contributed by atoms with Crippen molar-refractivity contribution >= 4 is 5.97 Å². The fourth-order valence-electron chi connectivity index (χ4n) is 7.38. The van der Waals surface area contributed by atoms with E-state index in [1.807, 2.05) is 72.3 Å². The molecule has 5 aromatic rings. The normalized spacial score (nSPS) is 18.5. The highest BCUT2D eigenvalue weighted by atomic mass is 16.5. The summed E-state index contributed by atoms with van der Waals surface area (Å²) in [4.78, 5) is 28.9. The molecule has 7 heteroatoms. The fourth-order valence-corrected chi connectivity index (χ4v) is 7.38. The van der Waals surface area contributed by atoms with Gasteiger partial charge in [0, 0.05) is 50.5 Å². The molecule has 7 nitrogen and oxygen atoms in total. The molecule has 0 radical (unpaired) electrons. The summed E-state index contributed by atoms with van der Waals surface area (Å²) < 4.78 is 9.04. The summed E-state index contributed by atoms with van der Waals surface area (Å²) in [7, 11) is 1.88. The van der Waals surface area contributed by atoms with E-state index in [0.717, 1.165) is 46.6 Å². The van der Waals surface area contributed by atoms with E-state index in [9.17, 15) is 9.59 Å². The molecule has 7 rings (SSSR count). The van der Waals surface area contributed by atoms with E-state index in [4.69, 9.17) is 4.74 Å². The molecule has 1 aromatic heterocycles. The molecule has 228 valence electrons. The Kier molecular flexibility index (Phi) is 7.51. The molecule has 0 bridgehead atoms. The molecule has 0 unspecified atom stereocenters. The number of hydrogen-bond acceptors (Lipinski definition) is 5. The molecule has 1 fully saturated rings. The van der Waals surface area contributed by atoms with Crippen LogP contribution in [0.25, 0.3) is 0 Å². The van der Waals surface area contributed by atoms with E-state index in [2.05, 4.69) is 72.7 Å². The third kappa shape index (κ3) is 4.93. The van der Waals surface area contributed by atoms with Crippen LogP contribution >= 0.6 is 0 Å². The zero-order valence-electron chi connectivity index (χ0n) is 25.9. The van der Waals surface area contributed by atoms with E-state index < -0.39 is 5.54 Å². The maximum atomic E-state index is 14.4. The van der Waals surface area contributed by atoms with Gasteiger partial charge in [-0.1, -0.05) is 97.1 Å². The number of aromatic nitrogens is 2. The fraction of sp³-hybridized carbons (Fsp3) is 0.263. The average molecular weight is 599 g/mol. The molecule has 2 atom stereocenters. The number of benzene rings is 4. The Morgan fingerprint density at radius 2 is 1.40 bits per heavy atom. The first kappa shape index (κ1) is 29.0. The Balaban J connectivity index is 1.29. The van der Waals surface area contributed by atoms with E-state index in [-0.39, 0.29) is 23.7 Å². The SMILES string of the molecule is Cc1c([C@@H]2CN(Cc3cn(C(c4ccccc4)(c4ccccc4)c4ccccc4)c(=O)n3C)C[C@H](C)N2)ccc2c1COC2=O. The predicted octanol–water partition coefficient (Wildman–Crippen LogP) is 5.54. The molecule has 0 saturated carbocycles. The van der Waals surface area contributed by atoms with Crippen LogP contribution in [0.15, 0.2) is 114 Å². The summed E-state index contributed by atoms with van der Waals surface area (Å²) in [5.74, 6) is -0.241. The summed E-state index contributed by atoms with van der Waals surface area (Å²) in [6.45, 7) is 6.87. The summed E-state index contributed by atoms with van der Waals surface area (Å²) in [5, 5.41) is 3.77. The number of fused-ring (bicyclic) bond motifs is 1. The maximum Gasteiger partial charge on any atom is 0.338 e. The molecule has 1 saturated heterocycles. The number of ether oxygens (including phenoxy) is 1. The zero-order chi connectivity index (χ0) is 31.1. The van der Waals surface area contributed by atoms with Crippen molar-refractivity contribution < 1.29 is 9.53 Å². The largest absolute Gasteiger partial charge is 0.457 e. The van der Waals surface area contributed by atoms with Gasteiger partial charge < -0.3 is 10.1 Å². The van der Waals surface area contributed by atoms with Gasteiger partial charge in [0.25, 0.3) is 0 Å². The van der Waals surface area contributed by atoms with Gasteiger partial charge in [-0.15, -0.1) is 0 Å². The van der Waals surface area contributed by atoms with E-state index in [1.165, 1.54) is 5.56 Å². The molecule has 4 aromatic carbocycles. The van der Waals surface area contributed by atoms with Crippen molar-refractivity contribution in [3.63, 3.8) is 0 Å². The first-order valence-electron chi connectivity index (χ1n) is 15.6. The van der Waals surface area contributed by atoms with Crippen LogP contribution in [-0.4, -0.2) is 39.1 Å². The summed E-state index contributed by atoms with van der Waals surface area (Å²) in [5.41, 5.74) is 7.04. The van der Waals surface area contributed by atoms with Crippen molar-refractivity contribution in [3.8, 4) is 0 Å². The number of piperazine rings is 1. The highest BCUT2D eigenvalue weighted by Crippen LogP contribution is 2.40. The minimum absolute atomic E-state index is 0.0691. The number of esters is 1. The molecular weight excluding hydrogens is 560 g/mol. The summed E-state index contributed by atoms with van der Waals surface area (Å²) in [6.07, 6.45) is 2.06. The van der Waals surface area contributed by atoms with Crippen molar-refractivity contribution in [2.24, 2.45) is 7.05 Å². The predicted molar refractivity (Wildman–Crippen MR) is 175 cm³/mol. The molecule has 0 spiro atoms. The quantitative estimate of drug-likeness (QED) is 0.197. The Bertz CT molecular complexity index is 1800. The lowest BCUT2D eigenvalue weighted by Gasteiger charge is -2.38. The Morgan fingerprint density at radius 3 is 1.98 bits per heavy atom. The van der Waals surface area contributed by atoms with Crippen LogP contribution in [0.3, 0.4) is 0 Å². The molecule has 45 heavy (non-hydrogen) atoms. The van der Waals surface area contributed by atoms with Crippen molar-refractivity contribution in [1.82, 2.24) is 19.4 Å². The first-order chi connectivity index (χ1) is 21.9. The highest BCUT2D eigenvalue weighted by molar-refractivity contribution is 5.94. The number of imidazole rings is 1. The van der Waals surface area contributed by atoms with Crippen LogP contribution < -0.4 is 11.0 Å². The zero-order valence-corrected chi connectivity index (χ0v) is 25.9. The van der Waals surface area contributed by atoms with Gasteiger partial charge in [-0.3, -0.25) is 14.0 Å². The number of nitrogens with one attached hydrogen (secondary N) is 1. The third-order valence-corrected chi connectivity index (χ3v) is 9.57. The van der Waals surface area contributed by atoms with Gasteiger partial charge in [0.1, 0.15) is 12.1 Å². The van der Waals surface area contributed by atoms with Gasteiger partial charge >= 0.3 is 11.7 Å². The molecule has 2 aliphatic rings. The van der Waals surface area contributed by atoms with Gasteiger partial charge in [0.2, 0.25) is 0 Å². The summed E-state index contributed by atoms with van der Waals surface area (Å²) in [6, 6.07) is 35.2. The lowest BCUT2D eigenvalue weighted by molar-refractivity contribution is 0.0535. The second-order valence-corrected chi connectivity index (χ2v) is 12.3. The first-order valence-corrected chi connectivity index (χ1v) is 15.6. The van der Waals surface area contributed by atoms with E-state index in [0.29, 0.717) is 18.7 Å². The number of hydrogen-bond donors (Lipinski definition) is 1. The number of carbonyl (C=O) groups is 1. The molecule has 0 amide bonds. The second kappa shape index (κ2) is 11.7. The van der Waals surface area contributed by atoms with E-state index >= 15 is 0 Å². The Hall–Kier alpha value is -4.72.